The zero-order valence-corrected chi connectivity index (χ0v) is 11.4. The summed E-state index contributed by atoms with van der Waals surface area (Å²) in [5, 5.41) is 16.9. The minimum atomic E-state index is -0.608. The number of para-hydroxylation sites is 1. The number of nitrogens with zero attached hydrogens (tertiary/aromatic N) is 3. The number of carbonyl (C=O) groups excluding carboxylic acids is 1. The van der Waals surface area contributed by atoms with Crippen LogP contribution in [0.2, 0.25) is 0 Å². The maximum atomic E-state index is 11.8. The number of methoxy groups -OCH3 is 1. The predicted octanol–water partition coefficient (Wildman–Crippen LogP) is 1.12. The van der Waals surface area contributed by atoms with Crippen molar-refractivity contribution in [1.29, 1.82) is 0 Å². The average molecular weight is 290 g/mol. The number of nitrogens with one attached hydrogen (secondary N) is 1. The monoisotopic (exact) mass is 290 g/mol. The summed E-state index contributed by atoms with van der Waals surface area (Å²) in [7, 11) is 1.56. The van der Waals surface area contributed by atoms with E-state index < -0.39 is 4.92 Å². The topological polar surface area (TPSA) is 99.3 Å². The summed E-state index contributed by atoms with van der Waals surface area (Å²) in [4.78, 5) is 21.7. The second-order valence-electron chi connectivity index (χ2n) is 4.22. The molecule has 0 saturated carbocycles. The number of ether oxygens (including phenoxy) is 1. The highest BCUT2D eigenvalue weighted by molar-refractivity contribution is 5.75. The third-order valence-corrected chi connectivity index (χ3v) is 2.79. The number of amides is 1. The van der Waals surface area contributed by atoms with Crippen LogP contribution in [-0.2, 0) is 17.9 Å². The van der Waals surface area contributed by atoms with Crippen molar-refractivity contribution in [2.45, 2.75) is 13.1 Å². The van der Waals surface area contributed by atoms with Gasteiger partial charge in [0.25, 0.3) is 0 Å². The van der Waals surface area contributed by atoms with Crippen molar-refractivity contribution < 1.29 is 14.5 Å². The van der Waals surface area contributed by atoms with Gasteiger partial charge in [-0.1, -0.05) is 18.2 Å². The van der Waals surface area contributed by atoms with Crippen LogP contribution in [0.1, 0.15) is 5.56 Å². The largest absolute Gasteiger partial charge is 0.496 e. The Bertz CT molecular complexity index is 653. The Balaban J connectivity index is 1.91. The molecule has 0 saturated heterocycles. The SMILES string of the molecule is COc1ccccc1CNC(=O)Cn1ccc([N+](=O)[O-])n1. The van der Waals surface area contributed by atoms with Crippen molar-refractivity contribution in [1.82, 2.24) is 15.1 Å². The summed E-state index contributed by atoms with van der Waals surface area (Å²) in [6.07, 6.45) is 1.39. The number of carbonyl (C=O) groups is 1. The molecule has 1 heterocycles. The molecule has 0 aliphatic carbocycles. The van der Waals surface area contributed by atoms with Gasteiger partial charge in [0.2, 0.25) is 5.91 Å². The van der Waals surface area contributed by atoms with E-state index in [1.54, 1.807) is 13.2 Å². The minimum absolute atomic E-state index is 0.0804. The van der Waals surface area contributed by atoms with E-state index in [-0.39, 0.29) is 18.3 Å². The Morgan fingerprint density at radius 2 is 2.19 bits per heavy atom. The van der Waals surface area contributed by atoms with Crippen molar-refractivity contribution in [2.24, 2.45) is 0 Å². The first-order valence-corrected chi connectivity index (χ1v) is 6.16. The van der Waals surface area contributed by atoms with Crippen molar-refractivity contribution in [3.05, 3.63) is 52.2 Å². The zero-order valence-electron chi connectivity index (χ0n) is 11.4. The first-order valence-electron chi connectivity index (χ1n) is 6.16. The normalized spacial score (nSPS) is 10.1. The van der Waals surface area contributed by atoms with Gasteiger partial charge >= 0.3 is 5.82 Å². The van der Waals surface area contributed by atoms with E-state index in [1.165, 1.54) is 16.9 Å². The first-order chi connectivity index (χ1) is 10.1. The second kappa shape index (κ2) is 6.51. The van der Waals surface area contributed by atoms with Crippen molar-refractivity contribution in [2.75, 3.05) is 7.11 Å². The molecule has 8 heteroatoms. The molecular formula is C13H14N4O4. The second-order valence-corrected chi connectivity index (χ2v) is 4.22. The van der Waals surface area contributed by atoms with E-state index in [2.05, 4.69) is 10.4 Å². The summed E-state index contributed by atoms with van der Waals surface area (Å²) >= 11 is 0. The lowest BCUT2D eigenvalue weighted by molar-refractivity contribution is -0.389. The molecule has 1 amide bonds. The fourth-order valence-corrected chi connectivity index (χ4v) is 1.78. The molecule has 8 nitrogen and oxygen atoms in total. The molecule has 2 rings (SSSR count). The fourth-order valence-electron chi connectivity index (χ4n) is 1.78. The number of hydrogen-bond donors (Lipinski definition) is 1. The van der Waals surface area contributed by atoms with E-state index in [4.69, 9.17) is 4.74 Å². The fraction of sp³-hybridized carbons (Fsp3) is 0.231. The van der Waals surface area contributed by atoms with Crippen LogP contribution in [0.25, 0.3) is 0 Å². The van der Waals surface area contributed by atoms with Crippen molar-refractivity contribution >= 4 is 11.7 Å². The van der Waals surface area contributed by atoms with E-state index in [1.807, 2.05) is 18.2 Å². The lowest BCUT2D eigenvalue weighted by atomic mass is 10.2. The van der Waals surface area contributed by atoms with Crippen LogP contribution in [0.4, 0.5) is 5.82 Å². The van der Waals surface area contributed by atoms with E-state index in [0.717, 1.165) is 5.56 Å². The number of aromatic nitrogens is 2. The van der Waals surface area contributed by atoms with Gasteiger partial charge < -0.3 is 20.2 Å². The summed E-state index contributed by atoms with van der Waals surface area (Å²) < 4.78 is 6.40. The maximum Gasteiger partial charge on any atom is 0.389 e. The molecule has 0 atom stereocenters. The molecule has 0 fully saturated rings. The van der Waals surface area contributed by atoms with Gasteiger partial charge in [0, 0.05) is 12.1 Å². The minimum Gasteiger partial charge on any atom is -0.496 e. The number of benzene rings is 1. The molecule has 21 heavy (non-hydrogen) atoms. The molecule has 110 valence electrons. The lowest BCUT2D eigenvalue weighted by Gasteiger charge is -2.08. The third-order valence-electron chi connectivity index (χ3n) is 2.79. The van der Waals surface area contributed by atoms with Gasteiger partial charge in [0.1, 0.15) is 12.3 Å². The number of nitro groups is 1. The Kier molecular flexibility index (Phi) is 4.50. The smallest absolute Gasteiger partial charge is 0.389 e. The van der Waals surface area contributed by atoms with Gasteiger partial charge in [-0.2, -0.15) is 4.68 Å². The highest BCUT2D eigenvalue weighted by Crippen LogP contribution is 2.16. The highest BCUT2D eigenvalue weighted by Gasteiger charge is 2.13. The van der Waals surface area contributed by atoms with Crippen molar-refractivity contribution in [3.8, 4) is 5.75 Å². The molecule has 0 unspecified atom stereocenters. The lowest BCUT2D eigenvalue weighted by Crippen LogP contribution is -2.27. The predicted molar refractivity (Wildman–Crippen MR) is 73.7 cm³/mol. The molecule has 1 aromatic carbocycles. The molecular weight excluding hydrogens is 276 g/mol. The van der Waals surface area contributed by atoms with Crippen LogP contribution in [-0.4, -0.2) is 27.7 Å². The summed E-state index contributed by atoms with van der Waals surface area (Å²) in [5.74, 6) is 0.110. The van der Waals surface area contributed by atoms with Crippen LogP contribution in [0.5, 0.6) is 5.75 Å². The molecule has 2 aromatic rings. The third kappa shape index (κ3) is 3.78. The summed E-state index contributed by atoms with van der Waals surface area (Å²) in [6, 6.07) is 8.58. The van der Waals surface area contributed by atoms with Gasteiger partial charge in [-0.3, -0.25) is 4.79 Å². The number of hydrogen-bond acceptors (Lipinski definition) is 5. The van der Waals surface area contributed by atoms with Crippen LogP contribution in [0.15, 0.2) is 36.5 Å². The first kappa shape index (κ1) is 14.5. The van der Waals surface area contributed by atoms with Gasteiger partial charge in [0.05, 0.1) is 24.5 Å². The molecule has 0 aliphatic rings. The standard InChI is InChI=1S/C13H14N4O4/c1-21-11-5-3-2-4-10(11)8-14-13(18)9-16-7-6-12(15-16)17(19)20/h2-7H,8-9H2,1H3,(H,14,18). The van der Waals surface area contributed by atoms with Crippen LogP contribution in [0.3, 0.4) is 0 Å². The van der Waals surface area contributed by atoms with Crippen LogP contribution < -0.4 is 10.1 Å². The maximum absolute atomic E-state index is 11.8. The average Bonchev–Trinajstić information content (AvgIpc) is 2.94. The number of rotatable bonds is 6. The van der Waals surface area contributed by atoms with Crippen LogP contribution in [0, 0.1) is 10.1 Å². The summed E-state index contributed by atoms with van der Waals surface area (Å²) in [5.41, 5.74) is 0.847. The molecule has 0 radical (unpaired) electrons. The quantitative estimate of drug-likeness (QED) is 0.634. The van der Waals surface area contributed by atoms with E-state index >= 15 is 0 Å². The molecule has 0 aliphatic heterocycles. The summed E-state index contributed by atoms with van der Waals surface area (Å²) in [6.45, 7) is 0.231. The highest BCUT2D eigenvalue weighted by atomic mass is 16.6. The Hall–Kier alpha value is -2.90. The van der Waals surface area contributed by atoms with Gasteiger partial charge in [-0.25, -0.2) is 0 Å². The Morgan fingerprint density at radius 1 is 1.43 bits per heavy atom. The van der Waals surface area contributed by atoms with E-state index in [0.29, 0.717) is 12.3 Å². The van der Waals surface area contributed by atoms with Crippen LogP contribution >= 0.6 is 0 Å². The molecule has 1 aromatic heterocycles. The van der Waals surface area contributed by atoms with Gasteiger partial charge in [0.15, 0.2) is 0 Å². The molecule has 0 spiro atoms. The van der Waals surface area contributed by atoms with E-state index in [9.17, 15) is 14.9 Å². The molecule has 0 bridgehead atoms. The van der Waals surface area contributed by atoms with Gasteiger partial charge in [-0.05, 0) is 11.0 Å². The zero-order chi connectivity index (χ0) is 15.2. The van der Waals surface area contributed by atoms with Gasteiger partial charge in [-0.15, -0.1) is 0 Å². The Morgan fingerprint density at radius 3 is 2.86 bits per heavy atom. The molecule has 1 N–H and O–H groups in total. The van der Waals surface area contributed by atoms with Crippen molar-refractivity contribution in [3.63, 3.8) is 0 Å². The Labute approximate surface area is 120 Å².